The number of ether oxygens (including phenoxy) is 2. The number of halogens is 1. The van der Waals surface area contributed by atoms with Gasteiger partial charge in [-0.25, -0.2) is 14.0 Å². The van der Waals surface area contributed by atoms with Gasteiger partial charge >= 0.3 is 12.2 Å². The summed E-state index contributed by atoms with van der Waals surface area (Å²) in [4.78, 5) is 74.8. The minimum Gasteiger partial charge on any atom is -0.448 e. The summed E-state index contributed by atoms with van der Waals surface area (Å²) in [6, 6.07) is 27.6. The molecule has 3 atom stereocenters. The fourth-order valence-corrected chi connectivity index (χ4v) is 7.98. The highest BCUT2D eigenvalue weighted by Gasteiger charge is 2.37. The molecule has 4 aromatic carbocycles. The van der Waals surface area contributed by atoms with E-state index in [4.69, 9.17) is 9.47 Å². The quantitative estimate of drug-likeness (QED) is 0.119. The monoisotopic (exact) mass is 839 g/mol. The molecule has 2 N–H and O–H groups in total. The molecule has 0 radical (unpaired) electrons. The second kappa shape index (κ2) is 18.4. The van der Waals surface area contributed by atoms with E-state index in [0.717, 1.165) is 22.3 Å². The van der Waals surface area contributed by atoms with E-state index >= 15 is 0 Å². The van der Waals surface area contributed by atoms with Gasteiger partial charge in [0.1, 0.15) is 30.1 Å². The number of nitrogens with zero attached hydrogens (tertiary/aromatic N) is 3. The molecule has 13 heteroatoms. The number of benzene rings is 4. The normalized spacial score (nSPS) is 15.5. The molecule has 0 unspecified atom stereocenters. The van der Waals surface area contributed by atoms with Gasteiger partial charge in [-0.2, -0.15) is 0 Å². The van der Waals surface area contributed by atoms with E-state index in [9.17, 15) is 28.4 Å². The summed E-state index contributed by atoms with van der Waals surface area (Å²) in [6.07, 6.45) is 3.10. The van der Waals surface area contributed by atoms with Crippen LogP contribution < -0.4 is 10.6 Å². The minimum atomic E-state index is -1.06. The number of likely N-dealkylation sites (N-methyl/N-ethyl adjacent to an activating group) is 1. The number of anilines is 1. The summed E-state index contributed by atoms with van der Waals surface area (Å²) >= 11 is 0. The lowest BCUT2D eigenvalue weighted by Crippen LogP contribution is -2.55. The van der Waals surface area contributed by atoms with E-state index in [1.54, 1.807) is 69.1 Å². The summed E-state index contributed by atoms with van der Waals surface area (Å²) in [6.45, 7) is 7.29. The molecule has 5 aromatic rings. The highest BCUT2D eigenvalue weighted by atomic mass is 19.1. The van der Waals surface area contributed by atoms with Crippen molar-refractivity contribution in [2.45, 2.75) is 76.6 Å². The molecular formula is C49H50FN5O7. The van der Waals surface area contributed by atoms with Crippen molar-refractivity contribution in [2.24, 2.45) is 0 Å². The molecule has 1 saturated heterocycles. The van der Waals surface area contributed by atoms with Gasteiger partial charge in [-0.1, -0.05) is 60.7 Å². The molecule has 1 aliphatic heterocycles. The van der Waals surface area contributed by atoms with Gasteiger partial charge in [-0.15, -0.1) is 0 Å². The zero-order chi connectivity index (χ0) is 44.1. The lowest BCUT2D eigenvalue weighted by Gasteiger charge is -2.32. The van der Waals surface area contributed by atoms with Crippen LogP contribution in [0.1, 0.15) is 90.7 Å². The third-order valence-corrected chi connectivity index (χ3v) is 11.3. The molecule has 2 heterocycles. The van der Waals surface area contributed by atoms with Crippen LogP contribution in [0.3, 0.4) is 0 Å². The Balaban J connectivity index is 1.06. The first-order valence-corrected chi connectivity index (χ1v) is 20.7. The summed E-state index contributed by atoms with van der Waals surface area (Å²) in [5.41, 5.74) is 6.11. The molecule has 0 spiro atoms. The van der Waals surface area contributed by atoms with E-state index in [1.165, 1.54) is 42.4 Å². The Morgan fingerprint density at radius 2 is 1.52 bits per heavy atom. The molecule has 7 rings (SSSR count). The van der Waals surface area contributed by atoms with E-state index in [1.807, 2.05) is 24.3 Å². The number of amides is 4. The number of aromatic nitrogens is 1. The van der Waals surface area contributed by atoms with Crippen molar-refractivity contribution >= 4 is 35.5 Å². The van der Waals surface area contributed by atoms with Crippen LogP contribution in [0.25, 0.3) is 11.1 Å². The number of hydrogen-bond donors (Lipinski definition) is 2. The molecule has 62 heavy (non-hydrogen) atoms. The van der Waals surface area contributed by atoms with E-state index in [0.29, 0.717) is 47.3 Å². The molecule has 1 fully saturated rings. The van der Waals surface area contributed by atoms with Crippen LogP contribution in [-0.4, -0.2) is 82.5 Å². The lowest BCUT2D eigenvalue weighted by atomic mass is 9.98. The number of hydrogen-bond acceptors (Lipinski definition) is 8. The Labute approximate surface area is 360 Å². The van der Waals surface area contributed by atoms with Gasteiger partial charge in [-0.05, 0) is 116 Å². The van der Waals surface area contributed by atoms with Gasteiger partial charge in [-0.3, -0.25) is 29.6 Å². The van der Waals surface area contributed by atoms with Crippen molar-refractivity contribution in [2.75, 3.05) is 25.5 Å². The molecule has 0 saturated carbocycles. The number of carbonyl (C=O) groups is 5. The van der Waals surface area contributed by atoms with Gasteiger partial charge in [0.25, 0.3) is 0 Å². The first-order valence-electron chi connectivity index (χ1n) is 20.7. The third kappa shape index (κ3) is 9.83. The van der Waals surface area contributed by atoms with Gasteiger partial charge in [0.05, 0.1) is 6.04 Å². The van der Waals surface area contributed by atoms with Crippen LogP contribution in [0.2, 0.25) is 0 Å². The van der Waals surface area contributed by atoms with Crippen LogP contribution in [0.5, 0.6) is 0 Å². The van der Waals surface area contributed by atoms with E-state index in [2.05, 4.69) is 39.9 Å². The fourth-order valence-electron chi connectivity index (χ4n) is 7.98. The zero-order valence-electron chi connectivity index (χ0n) is 35.4. The van der Waals surface area contributed by atoms with Gasteiger partial charge in [0.15, 0.2) is 5.78 Å². The molecule has 0 bridgehead atoms. The van der Waals surface area contributed by atoms with Crippen molar-refractivity contribution in [3.63, 3.8) is 0 Å². The fraction of sp³-hybridized carbons (Fsp3) is 0.306. The Hall–Kier alpha value is -6.89. The first-order chi connectivity index (χ1) is 29.7. The van der Waals surface area contributed by atoms with Gasteiger partial charge in [0, 0.05) is 55.1 Å². The number of carbonyl (C=O) groups excluding carboxylic acids is 5. The maximum Gasteiger partial charge on any atom is 0.411 e. The van der Waals surface area contributed by atoms with Crippen molar-refractivity contribution < 1.29 is 37.8 Å². The minimum absolute atomic E-state index is 0.0865. The smallest absolute Gasteiger partial charge is 0.411 e. The number of pyridine rings is 1. The average Bonchev–Trinajstić information content (AvgIpc) is 3.88. The second-order valence-corrected chi connectivity index (χ2v) is 16.7. The lowest BCUT2D eigenvalue weighted by molar-refractivity contribution is -0.138. The highest BCUT2D eigenvalue weighted by Crippen LogP contribution is 2.44. The number of fused-ring (bicyclic) bond motifs is 3. The van der Waals surface area contributed by atoms with Crippen LogP contribution in [-0.2, 0) is 25.5 Å². The number of rotatable bonds is 12. The van der Waals surface area contributed by atoms with Crippen LogP contribution in [0.15, 0.2) is 116 Å². The van der Waals surface area contributed by atoms with Crippen LogP contribution in [0.4, 0.5) is 19.7 Å². The van der Waals surface area contributed by atoms with Gasteiger partial charge in [0.2, 0.25) is 11.8 Å². The molecule has 1 aliphatic carbocycles. The topological polar surface area (TPSA) is 147 Å². The average molecular weight is 840 g/mol. The Morgan fingerprint density at radius 3 is 2.16 bits per heavy atom. The number of nitrogens with one attached hydrogen (secondary N) is 2. The summed E-state index contributed by atoms with van der Waals surface area (Å²) in [5.74, 6) is -1.80. The van der Waals surface area contributed by atoms with Crippen molar-refractivity contribution in [1.29, 1.82) is 0 Å². The molecule has 1 aromatic heterocycles. The van der Waals surface area contributed by atoms with Crippen LogP contribution >= 0.6 is 0 Å². The van der Waals surface area contributed by atoms with E-state index in [-0.39, 0.29) is 30.6 Å². The van der Waals surface area contributed by atoms with Gasteiger partial charge < -0.3 is 19.7 Å². The molecule has 4 amide bonds. The number of ketones is 1. The van der Waals surface area contributed by atoms with Crippen molar-refractivity contribution in [3.8, 4) is 11.1 Å². The predicted octanol–water partition coefficient (Wildman–Crippen LogP) is 8.46. The summed E-state index contributed by atoms with van der Waals surface area (Å²) < 4.78 is 24.8. The SMILES string of the molecule is C[C@@H](C(=O)N[C@@H](Cc1ccc(NC(=O)OCC2c3ccccc3-c3ccccc32)cc1)C(=O)N1CCC[C@H]1c1cncc(C(=O)c2ccc(F)cc2)c1)N(C)C(=O)OC(C)(C)C. The molecule has 12 nitrogen and oxygen atoms in total. The largest absolute Gasteiger partial charge is 0.448 e. The predicted molar refractivity (Wildman–Crippen MR) is 232 cm³/mol. The third-order valence-electron chi connectivity index (χ3n) is 11.3. The number of likely N-dealkylation sites (tertiary alicyclic amines) is 1. The summed E-state index contributed by atoms with van der Waals surface area (Å²) in [5, 5.41) is 5.70. The van der Waals surface area contributed by atoms with E-state index < -0.39 is 47.6 Å². The van der Waals surface area contributed by atoms with Crippen molar-refractivity contribution in [3.05, 3.63) is 155 Å². The maximum absolute atomic E-state index is 14.6. The Morgan fingerprint density at radius 1 is 0.871 bits per heavy atom. The Kier molecular flexibility index (Phi) is 12.8. The second-order valence-electron chi connectivity index (χ2n) is 16.7. The Bertz CT molecular complexity index is 2420. The summed E-state index contributed by atoms with van der Waals surface area (Å²) in [7, 11) is 1.46. The van der Waals surface area contributed by atoms with Crippen molar-refractivity contribution in [1.82, 2.24) is 20.1 Å². The van der Waals surface area contributed by atoms with Crippen LogP contribution in [0, 0.1) is 5.82 Å². The maximum atomic E-state index is 14.6. The molecule has 2 aliphatic rings. The first kappa shape index (κ1) is 43.2. The molecule has 320 valence electrons. The highest BCUT2D eigenvalue weighted by molar-refractivity contribution is 6.08. The standard InChI is InChI=1S/C49H50FN5O7/c1-30(54(5)48(60)62-49(2,3)4)45(57)53-42(46(58)55-24-10-15-43(55)33-26-34(28-51-27-33)44(56)32-18-20-35(50)21-19-32)25-31-16-22-36(23-17-31)52-47(59)61-29-41-39-13-8-6-11-37(39)38-12-7-9-14-40(38)41/h6-9,11-14,16-23,26-28,30,41-43H,10,15,24-25,29H2,1-5H3,(H,52,59)(H,53,57)/t30-,42-,43-/m0/s1. The zero-order valence-corrected chi connectivity index (χ0v) is 35.4. The molecular weight excluding hydrogens is 790 g/mol.